The van der Waals surface area contributed by atoms with Crippen LogP contribution < -0.4 is 4.74 Å². The summed E-state index contributed by atoms with van der Waals surface area (Å²) in [6.45, 7) is 1.41. The third-order valence-electron chi connectivity index (χ3n) is 3.64. The third kappa shape index (κ3) is 5.21. The molecular formula is C13H18ClN3O5S. The molecule has 1 aliphatic rings. The fourth-order valence-electron chi connectivity index (χ4n) is 2.36. The number of hydrogen-bond acceptors (Lipinski definition) is 6. The van der Waals surface area contributed by atoms with Gasteiger partial charge in [-0.05, 0) is 25.2 Å². The van der Waals surface area contributed by atoms with Gasteiger partial charge in [0.15, 0.2) is 0 Å². The van der Waals surface area contributed by atoms with Crippen molar-refractivity contribution in [3.8, 4) is 5.88 Å². The van der Waals surface area contributed by atoms with E-state index in [9.17, 15) is 13.2 Å². The molecule has 8 nitrogen and oxygen atoms in total. The highest BCUT2D eigenvalue weighted by molar-refractivity contribution is 7.90. The van der Waals surface area contributed by atoms with Crippen molar-refractivity contribution >= 4 is 27.5 Å². The molecule has 0 aromatic carbocycles. The molecule has 0 atom stereocenters. The summed E-state index contributed by atoms with van der Waals surface area (Å²) in [5, 5.41) is 8.53. The van der Waals surface area contributed by atoms with Crippen LogP contribution in [0.3, 0.4) is 0 Å². The van der Waals surface area contributed by atoms with Crippen molar-refractivity contribution in [2.75, 3.05) is 26.0 Å². The summed E-state index contributed by atoms with van der Waals surface area (Å²) in [4.78, 5) is 19.7. The number of hydrogen-bond donors (Lipinski definition) is 1. The minimum Gasteiger partial charge on any atom is -0.478 e. The molecule has 0 spiro atoms. The third-order valence-corrected chi connectivity index (χ3v) is 4.68. The fourth-order valence-corrected chi connectivity index (χ4v) is 3.10. The van der Waals surface area contributed by atoms with Crippen molar-refractivity contribution in [1.29, 1.82) is 0 Å². The number of carbonyl (C=O) groups is 1. The summed E-state index contributed by atoms with van der Waals surface area (Å²) >= 11 is 5.77. The van der Waals surface area contributed by atoms with Gasteiger partial charge in [0.05, 0.1) is 6.61 Å². The zero-order chi connectivity index (χ0) is 17.0. The van der Waals surface area contributed by atoms with Crippen LogP contribution in [-0.4, -0.2) is 60.4 Å². The second-order valence-corrected chi connectivity index (χ2v) is 7.73. The Morgan fingerprint density at radius 3 is 2.65 bits per heavy atom. The second-order valence-electron chi connectivity index (χ2n) is 5.43. The molecule has 1 aromatic heterocycles. The molecule has 2 heterocycles. The monoisotopic (exact) mass is 363 g/mol. The Morgan fingerprint density at radius 1 is 1.43 bits per heavy atom. The molecular weight excluding hydrogens is 346 g/mol. The average molecular weight is 364 g/mol. The summed E-state index contributed by atoms with van der Waals surface area (Å²) in [7, 11) is -3.56. The maximum atomic E-state index is 11.5. The van der Waals surface area contributed by atoms with Crippen molar-refractivity contribution in [2.24, 2.45) is 5.92 Å². The van der Waals surface area contributed by atoms with Gasteiger partial charge in [-0.2, -0.15) is 4.98 Å². The number of rotatable bonds is 5. The molecule has 1 aromatic rings. The number of likely N-dealkylation sites (tertiary alicyclic amines) is 1. The van der Waals surface area contributed by atoms with Crippen LogP contribution in [0.4, 0.5) is 4.79 Å². The van der Waals surface area contributed by atoms with Crippen molar-refractivity contribution in [3.05, 3.63) is 11.2 Å². The molecule has 2 rings (SSSR count). The highest BCUT2D eigenvalue weighted by Crippen LogP contribution is 2.22. The normalized spacial score (nSPS) is 16.3. The lowest BCUT2D eigenvalue weighted by Gasteiger charge is -2.29. The Balaban J connectivity index is 1.85. The Bertz CT molecular complexity index is 674. The van der Waals surface area contributed by atoms with Crippen LogP contribution in [0.5, 0.6) is 5.88 Å². The molecule has 23 heavy (non-hydrogen) atoms. The topological polar surface area (TPSA) is 110 Å². The molecule has 1 aliphatic heterocycles. The maximum Gasteiger partial charge on any atom is 0.407 e. The second kappa shape index (κ2) is 7.31. The first-order chi connectivity index (χ1) is 10.8. The molecule has 1 N–H and O–H groups in total. The summed E-state index contributed by atoms with van der Waals surface area (Å²) in [6.07, 6.45) is 2.43. The molecule has 0 saturated carbocycles. The Kier molecular flexibility index (Phi) is 5.64. The van der Waals surface area contributed by atoms with Gasteiger partial charge in [-0.25, -0.2) is 18.2 Å². The van der Waals surface area contributed by atoms with Crippen LogP contribution in [0, 0.1) is 5.92 Å². The van der Waals surface area contributed by atoms with E-state index in [1.165, 1.54) is 11.0 Å². The van der Waals surface area contributed by atoms with Gasteiger partial charge in [-0.3, -0.25) is 0 Å². The lowest BCUT2D eigenvalue weighted by atomic mass is 9.94. The molecule has 0 aliphatic carbocycles. The number of nitrogens with zero attached hydrogens (tertiary/aromatic N) is 3. The van der Waals surface area contributed by atoms with Crippen molar-refractivity contribution in [2.45, 2.75) is 24.4 Å². The van der Waals surface area contributed by atoms with Crippen LogP contribution in [0.1, 0.15) is 19.3 Å². The maximum absolute atomic E-state index is 11.5. The average Bonchev–Trinajstić information content (AvgIpc) is 2.46. The Morgan fingerprint density at radius 2 is 2.09 bits per heavy atom. The van der Waals surface area contributed by atoms with Gasteiger partial charge < -0.3 is 14.7 Å². The minimum atomic E-state index is -3.56. The standard InChI is InChI=1S/C13H18ClN3O5S/c1-23(20,21)12-15-10(14)8-11(16-12)22-7-4-9-2-5-17(6-3-9)13(18)19/h8-9H,2-7H2,1H3,(H,18,19). The first kappa shape index (κ1) is 17.7. The summed E-state index contributed by atoms with van der Waals surface area (Å²) in [5.74, 6) is 0.491. The first-order valence-corrected chi connectivity index (χ1v) is 9.38. The number of amides is 1. The molecule has 128 valence electrons. The van der Waals surface area contributed by atoms with E-state index in [0.717, 1.165) is 25.5 Å². The van der Waals surface area contributed by atoms with Crippen LogP contribution in [-0.2, 0) is 9.84 Å². The quantitative estimate of drug-likeness (QED) is 0.626. The fraction of sp³-hybridized carbons (Fsp3) is 0.615. The largest absolute Gasteiger partial charge is 0.478 e. The van der Waals surface area contributed by atoms with E-state index in [2.05, 4.69) is 9.97 Å². The van der Waals surface area contributed by atoms with E-state index < -0.39 is 15.9 Å². The SMILES string of the molecule is CS(=O)(=O)c1nc(Cl)cc(OCCC2CCN(C(=O)O)CC2)n1. The van der Waals surface area contributed by atoms with E-state index in [1.807, 2.05) is 0 Å². The molecule has 1 saturated heterocycles. The van der Waals surface area contributed by atoms with E-state index in [4.69, 9.17) is 21.4 Å². The van der Waals surface area contributed by atoms with Gasteiger partial charge in [-0.1, -0.05) is 11.6 Å². The predicted molar refractivity (Wildman–Crippen MR) is 82.6 cm³/mol. The van der Waals surface area contributed by atoms with Gasteiger partial charge in [-0.15, -0.1) is 0 Å². The zero-order valence-electron chi connectivity index (χ0n) is 12.6. The van der Waals surface area contributed by atoms with Gasteiger partial charge in [0.1, 0.15) is 5.15 Å². The van der Waals surface area contributed by atoms with E-state index in [1.54, 1.807) is 0 Å². The van der Waals surface area contributed by atoms with Gasteiger partial charge in [0, 0.05) is 25.4 Å². The molecule has 10 heteroatoms. The number of aromatic nitrogens is 2. The summed E-state index contributed by atoms with van der Waals surface area (Å²) in [5.41, 5.74) is 0. The summed E-state index contributed by atoms with van der Waals surface area (Å²) < 4.78 is 28.4. The highest BCUT2D eigenvalue weighted by Gasteiger charge is 2.22. The number of halogens is 1. The van der Waals surface area contributed by atoms with Gasteiger partial charge in [0.2, 0.25) is 15.7 Å². The Hall–Kier alpha value is -1.61. The van der Waals surface area contributed by atoms with Gasteiger partial charge >= 0.3 is 6.09 Å². The number of sulfone groups is 1. The molecule has 1 fully saturated rings. The smallest absolute Gasteiger partial charge is 0.407 e. The molecule has 1 amide bonds. The lowest BCUT2D eigenvalue weighted by Crippen LogP contribution is -2.37. The number of ether oxygens (including phenoxy) is 1. The van der Waals surface area contributed by atoms with E-state index in [0.29, 0.717) is 25.6 Å². The van der Waals surface area contributed by atoms with Crippen LogP contribution in [0.15, 0.2) is 11.2 Å². The molecule has 0 unspecified atom stereocenters. The first-order valence-electron chi connectivity index (χ1n) is 7.11. The van der Waals surface area contributed by atoms with Crippen LogP contribution in [0.2, 0.25) is 5.15 Å². The van der Waals surface area contributed by atoms with Crippen LogP contribution >= 0.6 is 11.6 Å². The lowest BCUT2D eigenvalue weighted by molar-refractivity contribution is 0.119. The highest BCUT2D eigenvalue weighted by atomic mass is 35.5. The number of carboxylic acid groups (broad SMARTS) is 1. The van der Waals surface area contributed by atoms with E-state index in [-0.39, 0.29) is 16.2 Å². The van der Waals surface area contributed by atoms with Crippen molar-refractivity contribution in [1.82, 2.24) is 14.9 Å². The number of piperidine rings is 1. The Labute approximate surface area is 139 Å². The summed E-state index contributed by atoms with van der Waals surface area (Å²) in [6, 6.07) is 1.36. The van der Waals surface area contributed by atoms with Gasteiger partial charge in [0.25, 0.3) is 5.16 Å². The van der Waals surface area contributed by atoms with Crippen LogP contribution in [0.25, 0.3) is 0 Å². The molecule has 0 bridgehead atoms. The van der Waals surface area contributed by atoms with Crippen molar-refractivity contribution < 1.29 is 23.1 Å². The zero-order valence-corrected chi connectivity index (χ0v) is 14.2. The minimum absolute atomic E-state index is 0.00481. The molecule has 0 radical (unpaired) electrons. The predicted octanol–water partition coefficient (Wildman–Crippen LogP) is 1.69. The van der Waals surface area contributed by atoms with Crippen molar-refractivity contribution in [3.63, 3.8) is 0 Å². The van der Waals surface area contributed by atoms with E-state index >= 15 is 0 Å².